The number of hydrogen-bond donors (Lipinski definition) is 3. The van der Waals surface area contributed by atoms with E-state index in [1.165, 1.54) is 11.1 Å². The molecule has 0 unspecified atom stereocenters. The second-order valence-corrected chi connectivity index (χ2v) is 10.1. The van der Waals surface area contributed by atoms with Crippen LogP contribution in [0.25, 0.3) is 11.1 Å². The van der Waals surface area contributed by atoms with E-state index in [9.17, 15) is 19.5 Å². The highest BCUT2D eigenvalue weighted by atomic mass is 16.5. The first-order chi connectivity index (χ1) is 16.6. The van der Waals surface area contributed by atoms with Gasteiger partial charge in [0, 0.05) is 25.4 Å². The standard InChI is InChI=1S/C28H36N2O5/c1-5-28(6-2,25(32)33)18-29-24(31)15-27(3,4)17-30-26(34)35-16-23-21-13-9-7-11-19(21)20-12-8-10-14-22(20)23/h7-14,23H,5-6,15-18H2,1-4H3,(H,29,31)(H,30,34)(H,32,33). The maximum Gasteiger partial charge on any atom is 0.407 e. The van der Waals surface area contributed by atoms with Crippen molar-refractivity contribution in [2.45, 2.75) is 52.9 Å². The van der Waals surface area contributed by atoms with Crippen LogP contribution >= 0.6 is 0 Å². The highest BCUT2D eigenvalue weighted by molar-refractivity contribution is 5.80. The molecule has 0 spiro atoms. The molecule has 3 N–H and O–H groups in total. The van der Waals surface area contributed by atoms with Crippen LogP contribution in [-0.2, 0) is 14.3 Å². The summed E-state index contributed by atoms with van der Waals surface area (Å²) in [6.07, 6.45) is 0.500. The Balaban J connectivity index is 1.50. The molecular weight excluding hydrogens is 444 g/mol. The van der Waals surface area contributed by atoms with Crippen molar-refractivity contribution >= 4 is 18.0 Å². The van der Waals surface area contributed by atoms with E-state index in [1.807, 2.05) is 52.0 Å². The van der Waals surface area contributed by atoms with Gasteiger partial charge in [0.15, 0.2) is 0 Å². The third-order valence-corrected chi connectivity index (χ3v) is 7.13. The smallest absolute Gasteiger partial charge is 0.407 e. The summed E-state index contributed by atoms with van der Waals surface area (Å²) in [4.78, 5) is 36.6. The van der Waals surface area contributed by atoms with Crippen molar-refractivity contribution in [3.05, 3.63) is 59.7 Å². The number of fused-ring (bicyclic) bond motifs is 3. The summed E-state index contributed by atoms with van der Waals surface area (Å²) >= 11 is 0. The molecule has 2 aromatic carbocycles. The van der Waals surface area contributed by atoms with Crippen LogP contribution in [0.4, 0.5) is 4.79 Å². The average molecular weight is 481 g/mol. The van der Waals surface area contributed by atoms with Crippen LogP contribution in [0, 0.1) is 10.8 Å². The highest BCUT2D eigenvalue weighted by Gasteiger charge is 2.35. The Labute approximate surface area is 207 Å². The van der Waals surface area contributed by atoms with E-state index >= 15 is 0 Å². The lowest BCUT2D eigenvalue weighted by Gasteiger charge is -2.28. The summed E-state index contributed by atoms with van der Waals surface area (Å²) in [5.74, 6) is -1.16. The molecule has 188 valence electrons. The van der Waals surface area contributed by atoms with E-state index in [0.717, 1.165) is 11.1 Å². The molecule has 35 heavy (non-hydrogen) atoms. The first-order valence-electron chi connectivity index (χ1n) is 12.2. The van der Waals surface area contributed by atoms with Gasteiger partial charge in [0.2, 0.25) is 5.91 Å². The quantitative estimate of drug-likeness (QED) is 0.422. The van der Waals surface area contributed by atoms with Gasteiger partial charge in [0.25, 0.3) is 0 Å². The molecular formula is C28H36N2O5. The minimum absolute atomic E-state index is 0.0152. The van der Waals surface area contributed by atoms with Crippen LogP contribution in [0.2, 0.25) is 0 Å². The van der Waals surface area contributed by atoms with Crippen molar-refractivity contribution in [3.63, 3.8) is 0 Å². The fourth-order valence-electron chi connectivity index (χ4n) is 4.67. The van der Waals surface area contributed by atoms with Gasteiger partial charge in [-0.25, -0.2) is 4.79 Å². The average Bonchev–Trinajstić information content (AvgIpc) is 3.16. The molecule has 0 aliphatic heterocycles. The number of carbonyl (C=O) groups is 3. The lowest BCUT2D eigenvalue weighted by atomic mass is 9.82. The Bertz CT molecular complexity index is 1030. The Morgan fingerprint density at radius 2 is 1.43 bits per heavy atom. The van der Waals surface area contributed by atoms with E-state index in [-0.39, 0.29) is 37.9 Å². The number of rotatable bonds is 11. The van der Waals surface area contributed by atoms with Crippen molar-refractivity contribution in [3.8, 4) is 11.1 Å². The number of aliphatic carboxylic acids is 1. The second-order valence-electron chi connectivity index (χ2n) is 10.1. The zero-order valence-electron chi connectivity index (χ0n) is 21.0. The number of alkyl carbamates (subject to hydrolysis) is 1. The summed E-state index contributed by atoms with van der Waals surface area (Å²) in [5, 5.41) is 15.1. The van der Waals surface area contributed by atoms with Gasteiger partial charge in [-0.3, -0.25) is 9.59 Å². The maximum absolute atomic E-state index is 12.5. The lowest BCUT2D eigenvalue weighted by molar-refractivity contribution is -0.149. The van der Waals surface area contributed by atoms with Crippen LogP contribution in [0.15, 0.2) is 48.5 Å². The van der Waals surface area contributed by atoms with Gasteiger partial charge >= 0.3 is 12.1 Å². The fraction of sp³-hybridized carbons (Fsp3) is 0.464. The number of ether oxygens (including phenoxy) is 1. The van der Waals surface area contributed by atoms with E-state index in [2.05, 4.69) is 34.9 Å². The Hall–Kier alpha value is -3.35. The lowest BCUT2D eigenvalue weighted by Crippen LogP contribution is -2.44. The van der Waals surface area contributed by atoms with Crippen LogP contribution in [-0.4, -0.2) is 42.8 Å². The second kappa shape index (κ2) is 10.9. The van der Waals surface area contributed by atoms with Crippen LogP contribution in [0.1, 0.15) is 64.0 Å². The van der Waals surface area contributed by atoms with Crippen molar-refractivity contribution in [2.24, 2.45) is 10.8 Å². The summed E-state index contributed by atoms with van der Waals surface area (Å²) in [5.41, 5.74) is 3.15. The van der Waals surface area contributed by atoms with Gasteiger partial charge < -0.3 is 20.5 Å². The molecule has 7 heteroatoms. The number of benzene rings is 2. The van der Waals surface area contributed by atoms with Crippen molar-refractivity contribution in [1.82, 2.24) is 10.6 Å². The van der Waals surface area contributed by atoms with Gasteiger partial charge in [-0.2, -0.15) is 0 Å². The molecule has 1 aliphatic carbocycles. The molecule has 3 rings (SSSR count). The Morgan fingerprint density at radius 3 is 1.94 bits per heavy atom. The zero-order valence-corrected chi connectivity index (χ0v) is 21.0. The first kappa shape index (κ1) is 26.3. The minimum Gasteiger partial charge on any atom is -0.481 e. The minimum atomic E-state index is -0.959. The predicted molar refractivity (Wildman–Crippen MR) is 135 cm³/mol. The maximum atomic E-state index is 12.5. The number of carboxylic acid groups (broad SMARTS) is 1. The van der Waals surface area contributed by atoms with Gasteiger partial charge in [-0.15, -0.1) is 0 Å². The molecule has 0 heterocycles. The SMILES string of the molecule is CCC(CC)(CNC(=O)CC(C)(C)CNC(=O)OCC1c2ccccc2-c2ccccc21)C(=O)O. The van der Waals surface area contributed by atoms with E-state index < -0.39 is 22.9 Å². The van der Waals surface area contributed by atoms with Crippen LogP contribution in [0.5, 0.6) is 0 Å². The van der Waals surface area contributed by atoms with Gasteiger partial charge in [-0.05, 0) is 40.5 Å². The van der Waals surface area contributed by atoms with Crippen molar-refractivity contribution in [1.29, 1.82) is 0 Å². The molecule has 0 bridgehead atoms. The van der Waals surface area contributed by atoms with E-state index in [0.29, 0.717) is 12.8 Å². The van der Waals surface area contributed by atoms with E-state index in [1.54, 1.807) is 0 Å². The number of carboxylic acids is 1. The Morgan fingerprint density at radius 1 is 0.886 bits per heavy atom. The largest absolute Gasteiger partial charge is 0.481 e. The summed E-state index contributed by atoms with van der Waals surface area (Å²) < 4.78 is 5.57. The summed E-state index contributed by atoms with van der Waals surface area (Å²) in [6.45, 7) is 7.94. The molecule has 2 aromatic rings. The molecule has 0 atom stereocenters. The topological polar surface area (TPSA) is 105 Å². The number of carbonyl (C=O) groups excluding carboxylic acids is 2. The highest BCUT2D eigenvalue weighted by Crippen LogP contribution is 2.44. The van der Waals surface area contributed by atoms with Crippen molar-refractivity contribution in [2.75, 3.05) is 19.7 Å². The molecule has 0 aromatic heterocycles. The molecule has 0 radical (unpaired) electrons. The molecule has 7 nitrogen and oxygen atoms in total. The normalized spacial score (nSPS) is 13.0. The van der Waals surface area contributed by atoms with Crippen LogP contribution < -0.4 is 10.6 Å². The fourth-order valence-corrected chi connectivity index (χ4v) is 4.67. The summed E-state index contributed by atoms with van der Waals surface area (Å²) in [7, 11) is 0. The monoisotopic (exact) mass is 480 g/mol. The van der Waals surface area contributed by atoms with Crippen molar-refractivity contribution < 1.29 is 24.2 Å². The van der Waals surface area contributed by atoms with Crippen LogP contribution in [0.3, 0.4) is 0 Å². The number of amides is 2. The first-order valence-corrected chi connectivity index (χ1v) is 12.2. The Kier molecular flexibility index (Phi) is 8.20. The predicted octanol–water partition coefficient (Wildman–Crippen LogP) is 4.95. The number of nitrogens with one attached hydrogen (secondary N) is 2. The molecule has 0 fully saturated rings. The molecule has 0 saturated heterocycles. The van der Waals surface area contributed by atoms with Gasteiger partial charge in [0.1, 0.15) is 6.61 Å². The van der Waals surface area contributed by atoms with E-state index in [4.69, 9.17) is 4.74 Å². The van der Waals surface area contributed by atoms with Gasteiger partial charge in [-0.1, -0.05) is 76.2 Å². The third-order valence-electron chi connectivity index (χ3n) is 7.13. The molecule has 0 saturated carbocycles. The third kappa shape index (κ3) is 6.02. The molecule has 2 amide bonds. The van der Waals surface area contributed by atoms with Gasteiger partial charge in [0.05, 0.1) is 5.41 Å². The zero-order chi connectivity index (χ0) is 25.6. The summed E-state index contributed by atoms with van der Waals surface area (Å²) in [6, 6.07) is 16.3. The molecule has 1 aliphatic rings. The number of hydrogen-bond acceptors (Lipinski definition) is 4.